The number of unbranched alkanes of at least 4 members (excludes halogenated alkanes) is 1. The van der Waals surface area contributed by atoms with E-state index < -0.39 is 23.1 Å². The first-order chi connectivity index (χ1) is 10.3. The summed E-state index contributed by atoms with van der Waals surface area (Å²) in [6.45, 7) is 2.55. The number of hydrogen-bond donors (Lipinski definition) is 1. The van der Waals surface area contributed by atoms with Crippen LogP contribution in [0.2, 0.25) is 0 Å². The summed E-state index contributed by atoms with van der Waals surface area (Å²) in [7, 11) is 0. The molecule has 1 heterocycles. The largest absolute Gasteiger partial charge is 0.454 e. The lowest BCUT2D eigenvalue weighted by Gasteiger charge is -2.07. The number of nitrogens with one attached hydrogen (secondary N) is 1. The SMILES string of the molecule is CCCCNc1nc2ccc(C(=O)C(F)(F)F)cc2c(=O)o1. The molecule has 0 bridgehead atoms. The lowest BCUT2D eigenvalue weighted by Crippen LogP contribution is -2.23. The van der Waals surface area contributed by atoms with Gasteiger partial charge in [-0.15, -0.1) is 0 Å². The summed E-state index contributed by atoms with van der Waals surface area (Å²) in [4.78, 5) is 27.0. The predicted molar refractivity (Wildman–Crippen MR) is 74.1 cm³/mol. The molecule has 0 aliphatic carbocycles. The van der Waals surface area contributed by atoms with Crippen LogP contribution in [0.5, 0.6) is 0 Å². The Labute approximate surface area is 123 Å². The Morgan fingerprint density at radius 1 is 1.36 bits per heavy atom. The van der Waals surface area contributed by atoms with Crippen molar-refractivity contribution in [3.63, 3.8) is 0 Å². The molecular weight excluding hydrogens is 301 g/mol. The fraction of sp³-hybridized carbons (Fsp3) is 0.357. The van der Waals surface area contributed by atoms with Crippen LogP contribution in [0.25, 0.3) is 10.9 Å². The molecule has 8 heteroatoms. The van der Waals surface area contributed by atoms with E-state index in [2.05, 4.69) is 10.3 Å². The Kier molecular flexibility index (Phi) is 4.48. The van der Waals surface area contributed by atoms with Crippen molar-refractivity contribution in [1.29, 1.82) is 0 Å². The molecular formula is C14H13F3N2O3. The van der Waals surface area contributed by atoms with Gasteiger partial charge in [-0.2, -0.15) is 18.2 Å². The van der Waals surface area contributed by atoms with Crippen molar-refractivity contribution >= 4 is 22.7 Å². The van der Waals surface area contributed by atoms with E-state index in [1.54, 1.807) is 0 Å². The highest BCUT2D eigenvalue weighted by Crippen LogP contribution is 2.23. The molecule has 0 radical (unpaired) electrons. The van der Waals surface area contributed by atoms with E-state index in [1.807, 2.05) is 6.92 Å². The molecule has 2 aromatic rings. The number of halogens is 3. The van der Waals surface area contributed by atoms with Gasteiger partial charge in [-0.05, 0) is 24.6 Å². The number of hydrogen-bond acceptors (Lipinski definition) is 5. The molecule has 0 fully saturated rings. The van der Waals surface area contributed by atoms with Crippen molar-refractivity contribution < 1.29 is 22.4 Å². The van der Waals surface area contributed by atoms with Gasteiger partial charge in [-0.25, -0.2) is 4.79 Å². The van der Waals surface area contributed by atoms with Crippen LogP contribution in [0.15, 0.2) is 27.4 Å². The van der Waals surface area contributed by atoms with Gasteiger partial charge >= 0.3 is 11.8 Å². The summed E-state index contributed by atoms with van der Waals surface area (Å²) in [6.07, 6.45) is -3.21. The predicted octanol–water partition coefficient (Wildman–Crippen LogP) is 3.15. The van der Waals surface area contributed by atoms with E-state index >= 15 is 0 Å². The number of ketones is 1. The first kappa shape index (κ1) is 16.0. The van der Waals surface area contributed by atoms with Crippen LogP contribution in [0.4, 0.5) is 19.2 Å². The van der Waals surface area contributed by atoms with Gasteiger partial charge in [-0.1, -0.05) is 13.3 Å². The summed E-state index contributed by atoms with van der Waals surface area (Å²) in [6, 6.07) is 3.03. The molecule has 5 nitrogen and oxygen atoms in total. The minimum atomic E-state index is -5.00. The van der Waals surface area contributed by atoms with Crippen molar-refractivity contribution in [2.45, 2.75) is 25.9 Å². The van der Waals surface area contributed by atoms with Gasteiger partial charge in [0.2, 0.25) is 0 Å². The number of carbonyl (C=O) groups is 1. The summed E-state index contributed by atoms with van der Waals surface area (Å²) in [5.74, 6) is -2.01. The summed E-state index contributed by atoms with van der Waals surface area (Å²) in [5, 5.41) is 2.65. The van der Waals surface area contributed by atoms with Crippen LogP contribution >= 0.6 is 0 Å². The number of carbonyl (C=O) groups excluding carboxylic acids is 1. The molecule has 1 aromatic carbocycles. The molecule has 1 N–H and O–H groups in total. The number of benzene rings is 1. The Morgan fingerprint density at radius 3 is 2.73 bits per heavy atom. The molecule has 0 amide bonds. The molecule has 0 atom stereocenters. The number of alkyl halides is 3. The molecule has 0 unspecified atom stereocenters. The normalized spacial score (nSPS) is 11.6. The van der Waals surface area contributed by atoms with E-state index in [9.17, 15) is 22.8 Å². The van der Waals surface area contributed by atoms with E-state index in [4.69, 9.17) is 4.42 Å². The fourth-order valence-corrected chi connectivity index (χ4v) is 1.82. The van der Waals surface area contributed by atoms with Crippen LogP contribution in [0, 0.1) is 0 Å². The first-order valence-electron chi connectivity index (χ1n) is 6.63. The highest BCUT2D eigenvalue weighted by atomic mass is 19.4. The van der Waals surface area contributed by atoms with Crippen LogP contribution in [0.3, 0.4) is 0 Å². The first-order valence-corrected chi connectivity index (χ1v) is 6.63. The molecule has 0 saturated heterocycles. The number of nitrogens with zero attached hydrogens (tertiary/aromatic N) is 1. The van der Waals surface area contributed by atoms with Crippen molar-refractivity contribution in [3.8, 4) is 0 Å². The number of anilines is 1. The average molecular weight is 314 g/mol. The molecule has 118 valence electrons. The zero-order valence-electron chi connectivity index (χ0n) is 11.7. The second-order valence-electron chi connectivity index (χ2n) is 4.65. The second kappa shape index (κ2) is 6.17. The Balaban J connectivity index is 2.39. The van der Waals surface area contributed by atoms with Gasteiger partial charge < -0.3 is 9.73 Å². The lowest BCUT2D eigenvalue weighted by molar-refractivity contribution is -0.0885. The molecule has 0 spiro atoms. The van der Waals surface area contributed by atoms with Gasteiger partial charge in [0.25, 0.3) is 11.8 Å². The maximum Gasteiger partial charge on any atom is 0.454 e. The molecule has 1 aromatic heterocycles. The van der Waals surface area contributed by atoms with Crippen molar-refractivity contribution in [2.75, 3.05) is 11.9 Å². The second-order valence-corrected chi connectivity index (χ2v) is 4.65. The van der Waals surface area contributed by atoms with E-state index in [0.717, 1.165) is 25.0 Å². The third kappa shape index (κ3) is 3.44. The fourth-order valence-electron chi connectivity index (χ4n) is 1.82. The van der Waals surface area contributed by atoms with Gasteiger partial charge in [0.15, 0.2) is 0 Å². The molecule has 0 aliphatic heterocycles. The third-order valence-electron chi connectivity index (χ3n) is 2.95. The minimum absolute atomic E-state index is 0.000785. The third-order valence-corrected chi connectivity index (χ3v) is 2.95. The minimum Gasteiger partial charge on any atom is -0.389 e. The number of rotatable bonds is 5. The number of fused-ring (bicyclic) bond motifs is 1. The van der Waals surface area contributed by atoms with Crippen LogP contribution in [0.1, 0.15) is 30.1 Å². The van der Waals surface area contributed by atoms with Crippen molar-refractivity contribution in [2.24, 2.45) is 0 Å². The summed E-state index contributed by atoms with van der Waals surface area (Å²) in [5.41, 5.74) is -1.31. The smallest absolute Gasteiger partial charge is 0.389 e. The Hall–Kier alpha value is -2.38. The van der Waals surface area contributed by atoms with E-state index in [1.165, 1.54) is 6.07 Å². The monoisotopic (exact) mass is 314 g/mol. The Bertz CT molecular complexity index is 753. The quantitative estimate of drug-likeness (QED) is 0.678. The molecule has 0 saturated carbocycles. The van der Waals surface area contributed by atoms with Crippen LogP contribution in [-0.2, 0) is 0 Å². The van der Waals surface area contributed by atoms with E-state index in [-0.39, 0.29) is 16.9 Å². The molecule has 22 heavy (non-hydrogen) atoms. The van der Waals surface area contributed by atoms with Gasteiger partial charge in [0.1, 0.15) is 0 Å². The summed E-state index contributed by atoms with van der Waals surface area (Å²) >= 11 is 0. The van der Waals surface area contributed by atoms with Gasteiger partial charge in [0.05, 0.1) is 10.9 Å². The molecule has 2 rings (SSSR count). The lowest BCUT2D eigenvalue weighted by atomic mass is 10.1. The van der Waals surface area contributed by atoms with Crippen LogP contribution in [-0.4, -0.2) is 23.5 Å². The maximum absolute atomic E-state index is 12.4. The summed E-state index contributed by atoms with van der Waals surface area (Å²) < 4.78 is 42.1. The average Bonchev–Trinajstić information content (AvgIpc) is 2.45. The number of aromatic nitrogens is 1. The zero-order valence-corrected chi connectivity index (χ0v) is 11.7. The molecule has 0 aliphatic rings. The van der Waals surface area contributed by atoms with E-state index in [0.29, 0.717) is 6.54 Å². The highest BCUT2D eigenvalue weighted by molar-refractivity contribution is 6.02. The van der Waals surface area contributed by atoms with Crippen molar-refractivity contribution in [1.82, 2.24) is 4.98 Å². The van der Waals surface area contributed by atoms with Gasteiger partial charge in [0, 0.05) is 12.1 Å². The zero-order chi connectivity index (χ0) is 16.3. The standard InChI is InChI=1S/C14H13F3N2O3/c1-2-3-6-18-13-19-10-5-4-8(11(20)14(15,16)17)7-9(10)12(21)22-13/h4-5,7H,2-3,6H2,1H3,(H,18,19). The highest BCUT2D eigenvalue weighted by Gasteiger charge is 2.39. The topological polar surface area (TPSA) is 72.2 Å². The van der Waals surface area contributed by atoms with Gasteiger partial charge in [-0.3, -0.25) is 4.79 Å². The number of Topliss-reactive ketones (excluding diaryl/α,β-unsaturated/α-hetero) is 1. The van der Waals surface area contributed by atoms with Crippen LogP contribution < -0.4 is 10.9 Å². The van der Waals surface area contributed by atoms with Crippen molar-refractivity contribution in [3.05, 3.63) is 34.2 Å². The Morgan fingerprint density at radius 2 is 2.09 bits per heavy atom. The maximum atomic E-state index is 12.4.